The summed E-state index contributed by atoms with van der Waals surface area (Å²) in [5.74, 6) is 1.02. The van der Waals surface area contributed by atoms with Gasteiger partial charge in [0.25, 0.3) is 0 Å². The molecule has 1 rings (SSSR count). The number of nitrogens with one attached hydrogen (secondary N) is 1. The monoisotopic (exact) mass is 185 g/mol. The summed E-state index contributed by atoms with van der Waals surface area (Å²) in [5, 5.41) is 12.1. The minimum atomic E-state index is 0.323. The van der Waals surface area contributed by atoms with Crippen LogP contribution < -0.4 is 11.1 Å². The topological polar surface area (TPSA) is 70.6 Å². The van der Waals surface area contributed by atoms with E-state index in [-0.39, 0.29) is 0 Å². The second-order valence-electron chi connectivity index (χ2n) is 3.65. The first-order chi connectivity index (χ1) is 6.26. The molecule has 13 heavy (non-hydrogen) atoms. The highest BCUT2D eigenvalue weighted by Gasteiger charge is 2.20. The lowest BCUT2D eigenvalue weighted by Gasteiger charge is -2.28. The molecule has 0 unspecified atom stereocenters. The van der Waals surface area contributed by atoms with Crippen molar-refractivity contribution in [3.8, 4) is 0 Å². The number of nitrogens with two attached hydrogens (primary N) is 1. The van der Waals surface area contributed by atoms with Crippen molar-refractivity contribution in [1.82, 2.24) is 5.32 Å². The number of aliphatic imine (C=N–C) groups is 1. The van der Waals surface area contributed by atoms with Crippen LogP contribution in [0.25, 0.3) is 0 Å². The maximum Gasteiger partial charge on any atom is 0.188 e. The Morgan fingerprint density at radius 1 is 1.46 bits per heavy atom. The van der Waals surface area contributed by atoms with Gasteiger partial charge in [0, 0.05) is 19.7 Å². The molecule has 0 bridgehead atoms. The SMILES string of the molecule is CN=C(N)NC1CCC(CO)CC1. The van der Waals surface area contributed by atoms with E-state index in [0.29, 0.717) is 24.5 Å². The molecule has 1 saturated carbocycles. The number of aliphatic hydroxyl groups is 1. The predicted octanol–water partition coefficient (Wildman–Crippen LogP) is 0.0716. The van der Waals surface area contributed by atoms with Gasteiger partial charge >= 0.3 is 0 Å². The molecule has 0 spiro atoms. The second kappa shape index (κ2) is 5.07. The molecule has 0 atom stereocenters. The van der Waals surface area contributed by atoms with E-state index in [4.69, 9.17) is 10.8 Å². The van der Waals surface area contributed by atoms with Crippen LogP contribution in [-0.4, -0.2) is 30.8 Å². The normalized spacial score (nSPS) is 30.2. The van der Waals surface area contributed by atoms with Crippen molar-refractivity contribution in [2.75, 3.05) is 13.7 Å². The van der Waals surface area contributed by atoms with Crippen LogP contribution in [0.3, 0.4) is 0 Å². The van der Waals surface area contributed by atoms with Gasteiger partial charge in [-0.3, -0.25) is 4.99 Å². The van der Waals surface area contributed by atoms with Crippen LogP contribution >= 0.6 is 0 Å². The molecule has 1 aliphatic rings. The Morgan fingerprint density at radius 2 is 2.08 bits per heavy atom. The van der Waals surface area contributed by atoms with Gasteiger partial charge in [0.2, 0.25) is 0 Å². The van der Waals surface area contributed by atoms with Crippen LogP contribution in [0, 0.1) is 5.92 Å². The van der Waals surface area contributed by atoms with Crippen molar-refractivity contribution in [1.29, 1.82) is 0 Å². The van der Waals surface area contributed by atoms with E-state index in [9.17, 15) is 0 Å². The molecule has 0 aromatic rings. The lowest BCUT2D eigenvalue weighted by atomic mass is 9.87. The summed E-state index contributed by atoms with van der Waals surface area (Å²) < 4.78 is 0. The Bertz CT molecular complexity index is 174. The summed E-state index contributed by atoms with van der Waals surface area (Å²) in [6, 6.07) is 0.450. The van der Waals surface area contributed by atoms with Crippen molar-refractivity contribution in [2.24, 2.45) is 16.6 Å². The molecule has 0 aromatic carbocycles. The summed E-state index contributed by atoms with van der Waals surface area (Å²) in [4.78, 5) is 3.86. The van der Waals surface area contributed by atoms with Crippen LogP contribution in [0.2, 0.25) is 0 Å². The third kappa shape index (κ3) is 3.22. The molecule has 76 valence electrons. The van der Waals surface area contributed by atoms with Crippen molar-refractivity contribution in [3.05, 3.63) is 0 Å². The van der Waals surface area contributed by atoms with E-state index in [0.717, 1.165) is 25.7 Å². The summed E-state index contributed by atoms with van der Waals surface area (Å²) in [6.07, 6.45) is 4.35. The lowest BCUT2D eigenvalue weighted by Crippen LogP contribution is -2.42. The van der Waals surface area contributed by atoms with E-state index >= 15 is 0 Å². The van der Waals surface area contributed by atoms with Gasteiger partial charge in [-0.15, -0.1) is 0 Å². The van der Waals surface area contributed by atoms with Gasteiger partial charge in [-0.25, -0.2) is 0 Å². The van der Waals surface area contributed by atoms with E-state index in [1.54, 1.807) is 7.05 Å². The Hall–Kier alpha value is -0.770. The van der Waals surface area contributed by atoms with E-state index in [2.05, 4.69) is 10.3 Å². The van der Waals surface area contributed by atoms with Gasteiger partial charge in [0.05, 0.1) is 0 Å². The van der Waals surface area contributed by atoms with Gasteiger partial charge in [-0.1, -0.05) is 0 Å². The lowest BCUT2D eigenvalue weighted by molar-refractivity contribution is 0.179. The molecule has 4 heteroatoms. The number of hydrogen-bond donors (Lipinski definition) is 3. The van der Waals surface area contributed by atoms with Crippen molar-refractivity contribution in [3.63, 3.8) is 0 Å². The van der Waals surface area contributed by atoms with E-state index < -0.39 is 0 Å². The van der Waals surface area contributed by atoms with Crippen LogP contribution in [-0.2, 0) is 0 Å². The molecular weight excluding hydrogens is 166 g/mol. The first-order valence-electron chi connectivity index (χ1n) is 4.86. The first kappa shape index (κ1) is 10.3. The zero-order valence-electron chi connectivity index (χ0n) is 8.16. The fourth-order valence-corrected chi connectivity index (χ4v) is 1.76. The molecule has 0 aromatic heterocycles. The van der Waals surface area contributed by atoms with Crippen LogP contribution in [0.1, 0.15) is 25.7 Å². The Balaban J connectivity index is 2.25. The standard InChI is InChI=1S/C9H19N3O/c1-11-9(10)12-8-4-2-7(6-13)3-5-8/h7-8,13H,2-6H2,1H3,(H3,10,11,12). The molecule has 0 aliphatic heterocycles. The first-order valence-corrected chi connectivity index (χ1v) is 4.86. The van der Waals surface area contributed by atoms with E-state index in [1.165, 1.54) is 0 Å². The summed E-state index contributed by atoms with van der Waals surface area (Å²) in [5.41, 5.74) is 5.56. The number of rotatable bonds is 2. The number of aliphatic hydroxyl groups excluding tert-OH is 1. The predicted molar refractivity (Wildman–Crippen MR) is 53.5 cm³/mol. The molecule has 1 fully saturated rings. The number of nitrogens with zero attached hydrogens (tertiary/aromatic N) is 1. The van der Waals surface area contributed by atoms with Crippen LogP contribution in [0.4, 0.5) is 0 Å². The minimum absolute atomic E-state index is 0.323. The van der Waals surface area contributed by atoms with E-state index in [1.807, 2.05) is 0 Å². The highest BCUT2D eigenvalue weighted by atomic mass is 16.3. The molecule has 0 heterocycles. The third-order valence-electron chi connectivity index (χ3n) is 2.70. The average Bonchev–Trinajstić information content (AvgIpc) is 2.19. The Labute approximate surface area is 79.2 Å². The minimum Gasteiger partial charge on any atom is -0.396 e. The quantitative estimate of drug-likeness (QED) is 0.421. The summed E-state index contributed by atoms with van der Waals surface area (Å²) >= 11 is 0. The van der Waals surface area contributed by atoms with Gasteiger partial charge < -0.3 is 16.2 Å². The molecular formula is C9H19N3O. The van der Waals surface area contributed by atoms with Gasteiger partial charge in [0.1, 0.15) is 0 Å². The van der Waals surface area contributed by atoms with Crippen molar-refractivity contribution >= 4 is 5.96 Å². The largest absolute Gasteiger partial charge is 0.396 e. The summed E-state index contributed by atoms with van der Waals surface area (Å²) in [6.45, 7) is 0.323. The highest BCUT2D eigenvalue weighted by molar-refractivity contribution is 5.77. The zero-order chi connectivity index (χ0) is 9.68. The van der Waals surface area contributed by atoms with Crippen LogP contribution in [0.5, 0.6) is 0 Å². The van der Waals surface area contributed by atoms with Crippen molar-refractivity contribution in [2.45, 2.75) is 31.7 Å². The number of guanidine groups is 1. The molecule has 4 nitrogen and oxygen atoms in total. The molecule has 0 saturated heterocycles. The van der Waals surface area contributed by atoms with Crippen molar-refractivity contribution < 1.29 is 5.11 Å². The number of hydrogen-bond acceptors (Lipinski definition) is 2. The highest BCUT2D eigenvalue weighted by Crippen LogP contribution is 2.23. The molecule has 0 amide bonds. The summed E-state index contributed by atoms with van der Waals surface area (Å²) in [7, 11) is 1.68. The third-order valence-corrected chi connectivity index (χ3v) is 2.70. The molecule has 4 N–H and O–H groups in total. The van der Waals surface area contributed by atoms with Gasteiger partial charge in [-0.2, -0.15) is 0 Å². The average molecular weight is 185 g/mol. The second-order valence-corrected chi connectivity index (χ2v) is 3.65. The van der Waals surface area contributed by atoms with Gasteiger partial charge in [-0.05, 0) is 31.6 Å². The Morgan fingerprint density at radius 3 is 2.54 bits per heavy atom. The maximum atomic E-state index is 8.94. The molecule has 1 aliphatic carbocycles. The van der Waals surface area contributed by atoms with Gasteiger partial charge in [0.15, 0.2) is 5.96 Å². The smallest absolute Gasteiger partial charge is 0.188 e. The maximum absolute atomic E-state index is 8.94. The Kier molecular flexibility index (Phi) is 4.02. The van der Waals surface area contributed by atoms with Crippen LogP contribution in [0.15, 0.2) is 4.99 Å². The zero-order valence-corrected chi connectivity index (χ0v) is 8.16. The molecule has 0 radical (unpaired) electrons. The fourth-order valence-electron chi connectivity index (χ4n) is 1.76. The fraction of sp³-hybridized carbons (Fsp3) is 0.889.